The van der Waals surface area contributed by atoms with E-state index in [1.165, 1.54) is 0 Å². The molecule has 1 aromatic carbocycles. The summed E-state index contributed by atoms with van der Waals surface area (Å²) in [5, 5.41) is 9.20. The summed E-state index contributed by atoms with van der Waals surface area (Å²) in [6.07, 6.45) is 0.930. The maximum absolute atomic E-state index is 11.9. The van der Waals surface area contributed by atoms with Crippen molar-refractivity contribution in [3.63, 3.8) is 0 Å². The lowest BCUT2D eigenvalue weighted by atomic mass is 10.1. The first-order valence-corrected chi connectivity index (χ1v) is 6.45. The van der Waals surface area contributed by atoms with Gasteiger partial charge in [0.1, 0.15) is 6.07 Å². The van der Waals surface area contributed by atoms with Gasteiger partial charge in [0.05, 0.1) is 17.8 Å². The van der Waals surface area contributed by atoms with Gasteiger partial charge >= 0.3 is 0 Å². The molecule has 1 amide bonds. The maximum atomic E-state index is 11.9. The number of hydrogen-bond acceptors (Lipinski definition) is 3. The second kappa shape index (κ2) is 6.79. The van der Waals surface area contributed by atoms with Crippen LogP contribution in [0.5, 0.6) is 0 Å². The minimum absolute atomic E-state index is 0.0406. The van der Waals surface area contributed by atoms with Crippen molar-refractivity contribution in [3.05, 3.63) is 29.3 Å². The molecule has 102 valence electrons. The molecule has 4 nitrogen and oxygen atoms in total. The van der Waals surface area contributed by atoms with Crippen LogP contribution < -0.4 is 4.90 Å². The summed E-state index contributed by atoms with van der Waals surface area (Å²) >= 11 is 0. The van der Waals surface area contributed by atoms with Crippen molar-refractivity contribution in [3.8, 4) is 6.07 Å². The Morgan fingerprint density at radius 3 is 2.58 bits per heavy atom. The third kappa shape index (κ3) is 3.99. The summed E-state index contributed by atoms with van der Waals surface area (Å²) in [7, 11) is 3.49. The molecule has 0 aliphatic heterocycles. The molecule has 0 saturated heterocycles. The van der Waals surface area contributed by atoms with Crippen molar-refractivity contribution in [2.75, 3.05) is 32.1 Å². The fourth-order valence-electron chi connectivity index (χ4n) is 1.86. The highest BCUT2D eigenvalue weighted by Gasteiger charge is 2.15. The minimum atomic E-state index is 0.0406. The summed E-state index contributed by atoms with van der Waals surface area (Å²) in [6, 6.07) is 7.90. The van der Waals surface area contributed by atoms with Crippen molar-refractivity contribution < 1.29 is 4.79 Å². The van der Waals surface area contributed by atoms with Crippen molar-refractivity contribution in [2.45, 2.75) is 20.3 Å². The van der Waals surface area contributed by atoms with Gasteiger partial charge < -0.3 is 9.80 Å². The number of carbonyl (C=O) groups is 1. The van der Waals surface area contributed by atoms with Crippen LogP contribution in [0.4, 0.5) is 5.69 Å². The molecule has 0 bridgehead atoms. The van der Waals surface area contributed by atoms with Crippen LogP contribution in [0.2, 0.25) is 0 Å². The monoisotopic (exact) mass is 259 g/mol. The molecule has 0 atom stereocenters. The zero-order chi connectivity index (χ0) is 14.4. The number of aryl methyl sites for hydroxylation is 1. The molecule has 0 saturated carbocycles. The second-order valence-corrected chi connectivity index (χ2v) is 4.84. The molecule has 0 spiro atoms. The number of hydrogen-bond donors (Lipinski definition) is 0. The smallest absolute Gasteiger partial charge is 0.241 e. The van der Waals surface area contributed by atoms with E-state index in [0.29, 0.717) is 12.1 Å². The summed E-state index contributed by atoms with van der Waals surface area (Å²) < 4.78 is 0. The standard InChI is InChI=1S/C15H21N3O/c1-5-8-18(11-15(19)17(3)4)14-9-12(2)6-7-13(14)10-16/h6-7,9H,5,8,11H2,1-4H3. The number of likely N-dealkylation sites (N-methyl/N-ethyl adjacent to an activating group) is 1. The molecule has 0 heterocycles. The highest BCUT2D eigenvalue weighted by molar-refractivity contribution is 5.81. The van der Waals surface area contributed by atoms with Gasteiger partial charge in [-0.3, -0.25) is 4.79 Å². The highest BCUT2D eigenvalue weighted by Crippen LogP contribution is 2.22. The SMILES string of the molecule is CCCN(CC(=O)N(C)C)c1cc(C)ccc1C#N. The highest BCUT2D eigenvalue weighted by atomic mass is 16.2. The van der Waals surface area contributed by atoms with E-state index in [4.69, 9.17) is 0 Å². The largest absolute Gasteiger partial charge is 0.361 e. The number of benzene rings is 1. The normalized spacial score (nSPS) is 9.84. The second-order valence-electron chi connectivity index (χ2n) is 4.84. The average molecular weight is 259 g/mol. The van der Waals surface area contributed by atoms with Crippen LogP contribution in [0.3, 0.4) is 0 Å². The van der Waals surface area contributed by atoms with Crippen molar-refractivity contribution >= 4 is 11.6 Å². The third-order valence-electron chi connectivity index (χ3n) is 2.93. The van der Waals surface area contributed by atoms with Gasteiger partial charge in [0, 0.05) is 20.6 Å². The zero-order valence-corrected chi connectivity index (χ0v) is 12.1. The van der Waals surface area contributed by atoms with E-state index in [2.05, 4.69) is 13.0 Å². The number of nitrogens with zero attached hydrogens (tertiary/aromatic N) is 3. The Balaban J connectivity index is 3.08. The van der Waals surface area contributed by atoms with E-state index >= 15 is 0 Å². The fourth-order valence-corrected chi connectivity index (χ4v) is 1.86. The molecular formula is C15H21N3O. The van der Waals surface area contributed by atoms with Crippen LogP contribution in [0.15, 0.2) is 18.2 Å². The summed E-state index contributed by atoms with van der Waals surface area (Å²) in [6.45, 7) is 5.12. The van der Waals surface area contributed by atoms with Crippen LogP contribution in [-0.4, -0.2) is 38.0 Å². The predicted molar refractivity (Wildman–Crippen MR) is 77.1 cm³/mol. The molecule has 0 fully saturated rings. The fraction of sp³-hybridized carbons (Fsp3) is 0.467. The Morgan fingerprint density at radius 2 is 2.05 bits per heavy atom. The van der Waals surface area contributed by atoms with E-state index in [0.717, 1.165) is 24.2 Å². The van der Waals surface area contributed by atoms with E-state index in [1.807, 2.05) is 30.0 Å². The van der Waals surface area contributed by atoms with Crippen LogP contribution >= 0.6 is 0 Å². The van der Waals surface area contributed by atoms with Gasteiger partial charge in [-0.1, -0.05) is 13.0 Å². The summed E-state index contributed by atoms with van der Waals surface area (Å²) in [5.74, 6) is 0.0406. The van der Waals surface area contributed by atoms with Crippen LogP contribution in [0.1, 0.15) is 24.5 Å². The Hall–Kier alpha value is -2.02. The molecule has 0 unspecified atom stereocenters. The molecular weight excluding hydrogens is 238 g/mol. The van der Waals surface area contributed by atoms with Crippen LogP contribution in [0, 0.1) is 18.3 Å². The quantitative estimate of drug-likeness (QED) is 0.814. The zero-order valence-electron chi connectivity index (χ0n) is 12.1. The Kier molecular flexibility index (Phi) is 5.37. The van der Waals surface area contributed by atoms with E-state index in [1.54, 1.807) is 19.0 Å². The Morgan fingerprint density at radius 1 is 1.37 bits per heavy atom. The van der Waals surface area contributed by atoms with Gasteiger partial charge in [0.25, 0.3) is 0 Å². The first-order chi connectivity index (χ1) is 8.99. The summed E-state index contributed by atoms with van der Waals surface area (Å²) in [4.78, 5) is 15.4. The molecule has 1 rings (SSSR count). The maximum Gasteiger partial charge on any atom is 0.241 e. The van der Waals surface area contributed by atoms with Crippen molar-refractivity contribution in [1.29, 1.82) is 5.26 Å². The van der Waals surface area contributed by atoms with Crippen molar-refractivity contribution in [1.82, 2.24) is 4.90 Å². The molecule has 1 aromatic rings. The van der Waals surface area contributed by atoms with Gasteiger partial charge in [-0.05, 0) is 31.0 Å². The van der Waals surface area contributed by atoms with Gasteiger partial charge in [-0.2, -0.15) is 5.26 Å². The minimum Gasteiger partial charge on any atom is -0.361 e. The third-order valence-corrected chi connectivity index (χ3v) is 2.93. The number of carbonyl (C=O) groups excluding carboxylic acids is 1. The Bertz CT molecular complexity index is 489. The van der Waals surface area contributed by atoms with Crippen LogP contribution in [-0.2, 0) is 4.79 Å². The summed E-state index contributed by atoms with van der Waals surface area (Å²) in [5.41, 5.74) is 2.55. The topological polar surface area (TPSA) is 47.3 Å². The Labute approximate surface area is 115 Å². The van der Waals surface area contributed by atoms with Gasteiger partial charge in [0.2, 0.25) is 5.91 Å². The van der Waals surface area contributed by atoms with Gasteiger partial charge in [-0.25, -0.2) is 0 Å². The predicted octanol–water partition coefficient (Wildman–Crippen LogP) is 2.17. The molecule has 4 heteroatoms. The lowest BCUT2D eigenvalue weighted by Gasteiger charge is -2.26. The molecule has 0 radical (unpaired) electrons. The molecule has 19 heavy (non-hydrogen) atoms. The van der Waals surface area contributed by atoms with Gasteiger partial charge in [0.15, 0.2) is 0 Å². The number of amides is 1. The van der Waals surface area contributed by atoms with E-state index in [9.17, 15) is 10.1 Å². The molecule has 0 aliphatic carbocycles. The van der Waals surface area contributed by atoms with Crippen LogP contribution in [0.25, 0.3) is 0 Å². The average Bonchev–Trinajstić information content (AvgIpc) is 2.37. The first kappa shape index (κ1) is 15.0. The lowest BCUT2D eigenvalue weighted by molar-refractivity contribution is -0.127. The van der Waals surface area contributed by atoms with Crippen molar-refractivity contribution in [2.24, 2.45) is 0 Å². The van der Waals surface area contributed by atoms with E-state index in [-0.39, 0.29) is 5.91 Å². The molecule has 0 N–H and O–H groups in total. The molecule has 0 aliphatic rings. The molecule has 0 aromatic heterocycles. The number of nitriles is 1. The number of anilines is 1. The number of rotatable bonds is 5. The lowest BCUT2D eigenvalue weighted by Crippen LogP contribution is -2.37. The first-order valence-electron chi connectivity index (χ1n) is 6.45. The van der Waals surface area contributed by atoms with Gasteiger partial charge in [-0.15, -0.1) is 0 Å². The van der Waals surface area contributed by atoms with E-state index < -0.39 is 0 Å².